The van der Waals surface area contributed by atoms with E-state index in [1.807, 2.05) is 0 Å². The Balaban J connectivity index is -0.000000611. The molecule has 1 N–H and O–H groups in total. The molecule has 0 saturated carbocycles. The van der Waals surface area contributed by atoms with E-state index in [1.165, 1.54) is 12.1 Å². The topological polar surface area (TPSA) is 97.6 Å². The van der Waals surface area contributed by atoms with E-state index in [0.29, 0.717) is 18.8 Å². The summed E-state index contributed by atoms with van der Waals surface area (Å²) in [6, 6.07) is 5.27. The molecule has 0 fully saturated rings. The van der Waals surface area contributed by atoms with Crippen molar-refractivity contribution in [3.8, 4) is 0 Å². The molecule has 2 heterocycles. The third-order valence-corrected chi connectivity index (χ3v) is 6.92. The van der Waals surface area contributed by atoms with E-state index in [1.54, 1.807) is 12.1 Å². The molecule has 0 amide bonds. The van der Waals surface area contributed by atoms with E-state index in [2.05, 4.69) is 77.9 Å². The quantitative estimate of drug-likeness (QED) is 0.145. The molecule has 0 aliphatic carbocycles. The van der Waals surface area contributed by atoms with E-state index >= 15 is 0 Å². The Morgan fingerprint density at radius 3 is 1.52 bits per heavy atom. The molecule has 1 radical (unpaired) electrons. The van der Waals surface area contributed by atoms with Gasteiger partial charge in [-0.15, -0.1) is 0 Å². The average molecular weight is 741 g/mol. The fourth-order valence-electron chi connectivity index (χ4n) is 3.08. The fraction of sp³-hybridized carbons (Fsp3) is 0.643. The summed E-state index contributed by atoms with van der Waals surface area (Å²) >= 11 is 3.15. The molecule has 14 heteroatoms. The minimum atomic E-state index is -5.84. The van der Waals surface area contributed by atoms with Crippen LogP contribution in [0.5, 0.6) is 0 Å². The predicted molar refractivity (Wildman–Crippen MR) is 162 cm³/mol. The van der Waals surface area contributed by atoms with Crippen LogP contribution in [0.3, 0.4) is 0 Å². The second-order valence-corrected chi connectivity index (χ2v) is 14.0. The zero-order valence-corrected chi connectivity index (χ0v) is 27.0. The monoisotopic (exact) mass is 739 g/mol. The summed E-state index contributed by atoms with van der Waals surface area (Å²) < 4.78 is 82.8. The van der Waals surface area contributed by atoms with Gasteiger partial charge < -0.3 is 9.47 Å². The largest absolute Gasteiger partial charge is 0.522 e. The maximum Gasteiger partial charge on any atom is 0.522 e. The van der Waals surface area contributed by atoms with Crippen molar-refractivity contribution in [2.75, 3.05) is 13.2 Å². The van der Waals surface area contributed by atoms with E-state index < -0.39 is 15.6 Å². The molecule has 0 saturated heterocycles. The number of aliphatic imine (C=N–C) groups is 2. The Kier molecular flexibility index (Phi) is 17.7. The van der Waals surface area contributed by atoms with Crippen LogP contribution in [0.4, 0.5) is 17.6 Å². The number of halogens is 5. The second kappa shape index (κ2) is 16.6. The van der Waals surface area contributed by atoms with Gasteiger partial charge in [0.1, 0.15) is 24.4 Å². The Morgan fingerprint density at radius 1 is 0.929 bits per heavy atom. The van der Waals surface area contributed by atoms with Gasteiger partial charge in [0.15, 0.2) is 11.8 Å². The molecular formula is C28H45BrCuF4N2O5S. The van der Waals surface area contributed by atoms with Crippen LogP contribution in [0.1, 0.15) is 75.8 Å². The number of hydrogen-bond acceptors (Lipinski definition) is 6. The van der Waals surface area contributed by atoms with Crippen LogP contribution in [0, 0.1) is 22.1 Å². The molecule has 0 bridgehead atoms. The summed E-state index contributed by atoms with van der Waals surface area (Å²) in [7, 11) is -5.84. The van der Waals surface area contributed by atoms with E-state index in [0.717, 1.165) is 16.3 Å². The second-order valence-electron chi connectivity index (χ2n) is 11.7. The standard InChI is InChI=1S/C17H30N2O2.C8H6BrF.CHF3O3S.2CH4.Cu/c1-15(2,3)11-9-20-13(18-11)17(7,8)14-19-12(10-21-14)16(4,5)6;1-2-6-3-4-7(9)5-8(6)10;2-1(3,4)8(5,6)7;;;/h11-12H,9-10H2,1-8H3;2-5H,1H2;(H,5,6,7);2*1H4;/t11-,12-;;;;;/m1...../s1. The molecule has 7 nitrogen and oxygen atoms in total. The minimum absolute atomic E-state index is 0. The first-order chi connectivity index (χ1) is 17.4. The first-order valence-electron chi connectivity index (χ1n) is 11.9. The van der Waals surface area contributed by atoms with Crippen molar-refractivity contribution in [1.82, 2.24) is 0 Å². The molecule has 1 aromatic carbocycles. The van der Waals surface area contributed by atoms with Gasteiger partial charge in [-0.25, -0.2) is 14.4 Å². The van der Waals surface area contributed by atoms with E-state index in [4.69, 9.17) is 32.4 Å². The van der Waals surface area contributed by atoms with Crippen molar-refractivity contribution >= 4 is 43.9 Å². The average Bonchev–Trinajstić information content (AvgIpc) is 3.44. The number of ether oxygens (including phenoxy) is 2. The SMILES string of the molecule is C.C.C=Cc1ccc(Br)cc1F.CC(C)(C1=N[C@@H](C(C)(C)C)CO1)C1=N[C@@H](C(C)(C)C)CO1.O=S(=O)(O)C(F)(F)F.[Cu]. The first-order valence-corrected chi connectivity index (χ1v) is 14.2. The molecule has 42 heavy (non-hydrogen) atoms. The van der Waals surface area contributed by atoms with Crippen LogP contribution in [0.2, 0.25) is 0 Å². The van der Waals surface area contributed by atoms with Crippen molar-refractivity contribution in [3.63, 3.8) is 0 Å². The van der Waals surface area contributed by atoms with Gasteiger partial charge in [-0.1, -0.05) is 91.0 Å². The number of benzene rings is 1. The van der Waals surface area contributed by atoms with Crippen LogP contribution in [0.25, 0.3) is 6.08 Å². The smallest absolute Gasteiger partial charge is 0.478 e. The molecule has 0 spiro atoms. The fourth-order valence-corrected chi connectivity index (χ4v) is 3.41. The Labute approximate surface area is 268 Å². The molecule has 3 rings (SSSR count). The molecule has 2 aliphatic heterocycles. The van der Waals surface area contributed by atoms with Crippen molar-refractivity contribution in [2.45, 2.75) is 87.8 Å². The van der Waals surface area contributed by atoms with Gasteiger partial charge in [0, 0.05) is 27.1 Å². The summed E-state index contributed by atoms with van der Waals surface area (Å²) in [5, 5.41) is 0. The Morgan fingerprint density at radius 2 is 1.29 bits per heavy atom. The third-order valence-electron chi connectivity index (χ3n) is 5.85. The molecule has 0 aromatic heterocycles. The zero-order chi connectivity index (χ0) is 30.6. The van der Waals surface area contributed by atoms with Crippen LogP contribution in [-0.2, 0) is 36.7 Å². The molecule has 0 unspecified atom stereocenters. The minimum Gasteiger partial charge on any atom is -0.478 e. The van der Waals surface area contributed by atoms with Gasteiger partial charge in [-0.2, -0.15) is 21.6 Å². The normalized spacial score (nSPS) is 18.4. The van der Waals surface area contributed by atoms with Crippen LogP contribution >= 0.6 is 15.9 Å². The van der Waals surface area contributed by atoms with Crippen molar-refractivity contribution < 1.29 is 57.1 Å². The summed E-state index contributed by atoms with van der Waals surface area (Å²) in [4.78, 5) is 9.59. The van der Waals surface area contributed by atoms with E-state index in [-0.39, 0.29) is 66.1 Å². The first kappa shape index (κ1) is 45.0. The number of rotatable bonds is 3. The summed E-state index contributed by atoms with van der Waals surface area (Å²) in [5.41, 5.74) is -5.16. The number of alkyl halides is 3. The Hall–Kier alpha value is -1.47. The molecule has 1 aromatic rings. The summed E-state index contributed by atoms with van der Waals surface area (Å²) in [5.74, 6) is 1.27. The maximum absolute atomic E-state index is 12.7. The summed E-state index contributed by atoms with van der Waals surface area (Å²) in [6.07, 6.45) is 1.49. The van der Waals surface area contributed by atoms with Gasteiger partial charge in [0.25, 0.3) is 0 Å². The third kappa shape index (κ3) is 13.0. The van der Waals surface area contributed by atoms with Crippen LogP contribution in [0.15, 0.2) is 39.2 Å². The van der Waals surface area contributed by atoms with Gasteiger partial charge >= 0.3 is 15.6 Å². The molecule has 2 aliphatic rings. The molecule has 249 valence electrons. The van der Waals surface area contributed by atoms with Crippen LogP contribution < -0.4 is 0 Å². The van der Waals surface area contributed by atoms with Crippen molar-refractivity contribution in [3.05, 3.63) is 40.6 Å². The molecule has 2 atom stereocenters. The van der Waals surface area contributed by atoms with Gasteiger partial charge in [0.2, 0.25) is 0 Å². The van der Waals surface area contributed by atoms with Crippen LogP contribution in [-0.4, -0.2) is 55.6 Å². The van der Waals surface area contributed by atoms with E-state index in [9.17, 15) is 17.6 Å². The van der Waals surface area contributed by atoms with Gasteiger partial charge in [-0.05, 0) is 36.8 Å². The van der Waals surface area contributed by atoms with Gasteiger partial charge in [-0.3, -0.25) is 4.55 Å². The number of hydrogen-bond donors (Lipinski definition) is 1. The zero-order valence-electron chi connectivity index (χ0n) is 23.7. The molecular weight excluding hydrogens is 696 g/mol. The maximum atomic E-state index is 12.7. The van der Waals surface area contributed by atoms with Crippen molar-refractivity contribution in [1.29, 1.82) is 0 Å². The number of nitrogens with zero attached hydrogens (tertiary/aromatic N) is 2. The van der Waals surface area contributed by atoms with Gasteiger partial charge in [0.05, 0.1) is 12.1 Å². The Bertz CT molecular complexity index is 1150. The van der Waals surface area contributed by atoms with Crippen molar-refractivity contribution in [2.24, 2.45) is 26.2 Å². The predicted octanol–water partition coefficient (Wildman–Crippen LogP) is 8.59. The summed E-state index contributed by atoms with van der Waals surface area (Å²) in [6.45, 7) is 22.1.